The maximum Gasteiger partial charge on any atom is 0.264 e. The molecule has 0 aromatic heterocycles. The fraction of sp³-hybridized carbons (Fsp3) is 0.611. The van der Waals surface area contributed by atoms with Crippen molar-refractivity contribution in [1.82, 2.24) is 14.9 Å². The minimum Gasteiger partial charge on any atom is -0.343 e. The minimum absolute atomic E-state index is 0.166. The predicted octanol–water partition coefficient (Wildman–Crippen LogP) is 2.87. The van der Waals surface area contributed by atoms with E-state index in [1.54, 1.807) is 12.1 Å². The number of hydrogen-bond acceptors (Lipinski definition) is 5. The van der Waals surface area contributed by atoms with E-state index in [1.807, 2.05) is 0 Å². The van der Waals surface area contributed by atoms with Gasteiger partial charge in [0.25, 0.3) is 10.0 Å². The maximum absolute atomic E-state index is 12.4. The first-order chi connectivity index (χ1) is 12.3. The largest absolute Gasteiger partial charge is 0.343 e. The van der Waals surface area contributed by atoms with Gasteiger partial charge in [0.15, 0.2) is 0 Å². The van der Waals surface area contributed by atoms with Gasteiger partial charge in [-0.25, -0.2) is 18.1 Å². The second-order valence-corrected chi connectivity index (χ2v) is 9.54. The van der Waals surface area contributed by atoms with Crippen LogP contribution in [0, 0.1) is 17.8 Å². The van der Waals surface area contributed by atoms with E-state index in [0.717, 1.165) is 18.4 Å². The molecule has 0 saturated heterocycles. The summed E-state index contributed by atoms with van der Waals surface area (Å²) in [6, 6.07) is 6.07. The molecule has 144 valence electrons. The Labute approximate surface area is 161 Å². The van der Waals surface area contributed by atoms with E-state index >= 15 is 0 Å². The van der Waals surface area contributed by atoms with E-state index in [9.17, 15) is 8.42 Å². The third kappa shape index (κ3) is 4.69. The highest BCUT2D eigenvalue weighted by Crippen LogP contribution is 2.34. The lowest BCUT2D eigenvalue weighted by atomic mass is 9.74. The number of halogens is 1. The maximum atomic E-state index is 12.4. The standard InChI is InChI=1S/C18H27ClN4O2S/c1-13-4-3-5-15(14(13)2)10-23-11-20-18(21-12-23)22-26(24,25)17-8-6-16(19)7-9-17/h6-9,13-15H,3-5,10-12H2,1-2H3,(H2,20,21,22)/t13-,14+,15+/m0/s1. The number of sulfonamides is 1. The molecule has 1 aliphatic heterocycles. The zero-order valence-corrected chi connectivity index (χ0v) is 16.9. The van der Waals surface area contributed by atoms with Crippen molar-refractivity contribution < 1.29 is 8.42 Å². The monoisotopic (exact) mass is 398 g/mol. The molecule has 0 bridgehead atoms. The third-order valence-electron chi connectivity index (χ3n) is 5.62. The SMILES string of the molecule is C[C@H]1[C@@H](CN2CN=C(NS(=O)(=O)c3ccc(Cl)cc3)NC2)CCC[C@@H]1C. The quantitative estimate of drug-likeness (QED) is 0.817. The molecular weight excluding hydrogens is 372 g/mol. The summed E-state index contributed by atoms with van der Waals surface area (Å²) in [5, 5.41) is 3.58. The van der Waals surface area contributed by atoms with Gasteiger partial charge in [-0.15, -0.1) is 0 Å². The topological polar surface area (TPSA) is 73.8 Å². The zero-order chi connectivity index (χ0) is 18.7. The fourth-order valence-electron chi connectivity index (χ4n) is 3.74. The predicted molar refractivity (Wildman–Crippen MR) is 104 cm³/mol. The Bertz CT molecular complexity index is 751. The van der Waals surface area contributed by atoms with Crippen LogP contribution in [0.15, 0.2) is 34.2 Å². The van der Waals surface area contributed by atoms with Crippen molar-refractivity contribution in [2.24, 2.45) is 22.7 Å². The Balaban J connectivity index is 1.56. The van der Waals surface area contributed by atoms with Gasteiger partial charge in [0, 0.05) is 11.6 Å². The van der Waals surface area contributed by atoms with E-state index in [4.69, 9.17) is 11.6 Å². The summed E-state index contributed by atoms with van der Waals surface area (Å²) in [6.45, 7) is 6.79. The van der Waals surface area contributed by atoms with Crippen LogP contribution >= 0.6 is 11.6 Å². The number of hydrogen-bond donors (Lipinski definition) is 2. The number of rotatable bonds is 4. The second-order valence-electron chi connectivity index (χ2n) is 7.42. The zero-order valence-electron chi connectivity index (χ0n) is 15.3. The number of benzene rings is 1. The second kappa shape index (κ2) is 8.15. The summed E-state index contributed by atoms with van der Waals surface area (Å²) >= 11 is 5.81. The number of nitrogens with one attached hydrogen (secondary N) is 2. The Morgan fingerprint density at radius 3 is 2.65 bits per heavy atom. The van der Waals surface area contributed by atoms with Gasteiger partial charge in [0.05, 0.1) is 18.2 Å². The molecule has 0 spiro atoms. The summed E-state index contributed by atoms with van der Waals surface area (Å²) in [5.41, 5.74) is 0. The lowest BCUT2D eigenvalue weighted by Gasteiger charge is -2.38. The number of nitrogens with zero attached hydrogens (tertiary/aromatic N) is 2. The highest BCUT2D eigenvalue weighted by Gasteiger charge is 2.29. The van der Waals surface area contributed by atoms with Crippen LogP contribution in [0.4, 0.5) is 0 Å². The molecule has 2 N–H and O–H groups in total. The van der Waals surface area contributed by atoms with E-state index < -0.39 is 10.0 Å². The first-order valence-corrected chi connectivity index (χ1v) is 11.0. The molecule has 0 unspecified atom stereocenters. The van der Waals surface area contributed by atoms with Crippen LogP contribution in [0.1, 0.15) is 33.1 Å². The van der Waals surface area contributed by atoms with Gasteiger partial charge in [-0.3, -0.25) is 4.90 Å². The molecule has 1 heterocycles. The summed E-state index contributed by atoms with van der Waals surface area (Å²) < 4.78 is 27.3. The molecule has 2 aliphatic rings. The molecule has 0 amide bonds. The van der Waals surface area contributed by atoms with Crippen LogP contribution in [-0.4, -0.2) is 39.2 Å². The van der Waals surface area contributed by atoms with Gasteiger partial charge < -0.3 is 5.32 Å². The van der Waals surface area contributed by atoms with Crippen molar-refractivity contribution in [3.05, 3.63) is 29.3 Å². The van der Waals surface area contributed by atoms with Gasteiger partial charge >= 0.3 is 0 Å². The van der Waals surface area contributed by atoms with Gasteiger partial charge in [-0.2, -0.15) is 0 Å². The molecule has 1 saturated carbocycles. The van der Waals surface area contributed by atoms with E-state index in [1.165, 1.54) is 31.4 Å². The summed E-state index contributed by atoms with van der Waals surface area (Å²) in [5.74, 6) is 2.47. The molecule has 1 aromatic rings. The number of aliphatic imine (C=N–C) groups is 1. The molecule has 6 nitrogen and oxygen atoms in total. The van der Waals surface area contributed by atoms with Crippen molar-refractivity contribution in [2.45, 2.75) is 38.0 Å². The molecule has 26 heavy (non-hydrogen) atoms. The summed E-state index contributed by atoms with van der Waals surface area (Å²) in [7, 11) is -3.66. The van der Waals surface area contributed by atoms with Crippen LogP contribution in [0.3, 0.4) is 0 Å². The molecule has 3 rings (SSSR count). The van der Waals surface area contributed by atoms with Crippen LogP contribution in [0.2, 0.25) is 5.02 Å². The Kier molecular flexibility index (Phi) is 6.10. The van der Waals surface area contributed by atoms with Gasteiger partial charge in [-0.05, 0) is 48.4 Å². The molecule has 0 radical (unpaired) electrons. The normalized spacial score (nSPS) is 27.5. The Hall–Kier alpha value is -1.31. The van der Waals surface area contributed by atoms with Crippen molar-refractivity contribution in [3.63, 3.8) is 0 Å². The smallest absolute Gasteiger partial charge is 0.264 e. The van der Waals surface area contributed by atoms with Crippen LogP contribution in [-0.2, 0) is 10.0 Å². The molecule has 1 aromatic carbocycles. The first-order valence-electron chi connectivity index (χ1n) is 9.14. The van der Waals surface area contributed by atoms with Crippen molar-refractivity contribution in [2.75, 3.05) is 19.9 Å². The molecule has 1 fully saturated rings. The lowest BCUT2D eigenvalue weighted by Crippen LogP contribution is -2.51. The summed E-state index contributed by atoms with van der Waals surface area (Å²) in [6.07, 6.45) is 3.89. The highest BCUT2D eigenvalue weighted by molar-refractivity contribution is 7.90. The van der Waals surface area contributed by atoms with Crippen LogP contribution in [0.5, 0.6) is 0 Å². The lowest BCUT2D eigenvalue weighted by molar-refractivity contribution is 0.121. The molecule has 3 atom stereocenters. The highest BCUT2D eigenvalue weighted by atomic mass is 35.5. The van der Waals surface area contributed by atoms with Crippen LogP contribution < -0.4 is 10.0 Å². The Morgan fingerprint density at radius 2 is 2.00 bits per heavy atom. The average molecular weight is 399 g/mol. The fourth-order valence-corrected chi connectivity index (χ4v) is 4.86. The van der Waals surface area contributed by atoms with Crippen molar-refractivity contribution in [3.8, 4) is 0 Å². The van der Waals surface area contributed by atoms with Gasteiger partial charge in [-0.1, -0.05) is 38.3 Å². The Morgan fingerprint density at radius 1 is 1.27 bits per heavy atom. The van der Waals surface area contributed by atoms with E-state index in [0.29, 0.717) is 30.2 Å². The minimum atomic E-state index is -3.66. The average Bonchev–Trinajstić information content (AvgIpc) is 2.61. The van der Waals surface area contributed by atoms with E-state index in [-0.39, 0.29) is 4.90 Å². The number of guanidine groups is 1. The van der Waals surface area contributed by atoms with Crippen LogP contribution in [0.25, 0.3) is 0 Å². The molecule has 8 heteroatoms. The third-order valence-corrected chi connectivity index (χ3v) is 7.23. The van der Waals surface area contributed by atoms with E-state index in [2.05, 4.69) is 33.8 Å². The van der Waals surface area contributed by atoms with Crippen molar-refractivity contribution in [1.29, 1.82) is 0 Å². The van der Waals surface area contributed by atoms with Gasteiger partial charge in [0.1, 0.15) is 0 Å². The molecular formula is C18H27ClN4O2S. The first kappa shape index (κ1) is 19.5. The molecule has 1 aliphatic carbocycles. The van der Waals surface area contributed by atoms with Gasteiger partial charge in [0.2, 0.25) is 5.96 Å². The van der Waals surface area contributed by atoms with Crippen molar-refractivity contribution >= 4 is 27.6 Å². The summed E-state index contributed by atoms with van der Waals surface area (Å²) in [4.78, 5) is 6.76.